The molecule has 0 radical (unpaired) electrons. The van der Waals surface area contributed by atoms with E-state index in [1.165, 1.54) is 19.3 Å². The second-order valence-electron chi connectivity index (χ2n) is 8.97. The van der Waals surface area contributed by atoms with E-state index in [1.54, 1.807) is 16.8 Å². The third-order valence-corrected chi connectivity index (χ3v) is 7.10. The molecule has 1 saturated carbocycles. The number of imide groups is 1. The van der Waals surface area contributed by atoms with Crippen molar-refractivity contribution in [3.63, 3.8) is 0 Å². The topological polar surface area (TPSA) is 85.2 Å². The summed E-state index contributed by atoms with van der Waals surface area (Å²) in [5.41, 5.74) is 2.04. The molecule has 2 aromatic heterocycles. The molecule has 2 heterocycles. The number of amides is 2. The standard InChI is InChI=1S/C21H32N4O3Si/c1-29(2,3)12-11-28-15-25-19(21(27)23-14-26)13-17-18(9-10-22-20(17)25)24-16-7-5-4-6-8-16/h9-10,13-14,16H,4-8,11-12,15H2,1-3H3,(H,22,24)(H,23,26,27). The molecule has 0 saturated heterocycles. The lowest BCUT2D eigenvalue weighted by atomic mass is 9.95. The molecule has 1 aliphatic rings. The molecule has 2 N–H and O–H groups in total. The minimum atomic E-state index is -1.20. The number of carbonyl (C=O) groups is 2. The Morgan fingerprint density at radius 3 is 2.76 bits per heavy atom. The van der Waals surface area contributed by atoms with Crippen LogP contribution in [0.4, 0.5) is 5.69 Å². The van der Waals surface area contributed by atoms with Crippen molar-refractivity contribution >= 4 is 37.1 Å². The van der Waals surface area contributed by atoms with Crippen LogP contribution < -0.4 is 10.6 Å². The first kappa shape index (κ1) is 21.5. The maximum absolute atomic E-state index is 12.5. The summed E-state index contributed by atoms with van der Waals surface area (Å²) in [4.78, 5) is 27.8. The van der Waals surface area contributed by atoms with Gasteiger partial charge < -0.3 is 10.1 Å². The minimum Gasteiger partial charge on any atom is -0.382 e. The van der Waals surface area contributed by atoms with Crippen LogP contribution in [-0.4, -0.2) is 42.6 Å². The maximum Gasteiger partial charge on any atom is 0.274 e. The van der Waals surface area contributed by atoms with Gasteiger partial charge in [0.05, 0.1) is 0 Å². The number of aromatic nitrogens is 2. The van der Waals surface area contributed by atoms with Crippen LogP contribution >= 0.6 is 0 Å². The van der Waals surface area contributed by atoms with E-state index in [0.29, 0.717) is 30.4 Å². The third kappa shape index (κ3) is 5.67. The largest absolute Gasteiger partial charge is 0.382 e. The van der Waals surface area contributed by atoms with Gasteiger partial charge in [0.1, 0.15) is 18.1 Å². The fraction of sp³-hybridized carbons (Fsp3) is 0.571. The van der Waals surface area contributed by atoms with Crippen LogP contribution in [0, 0.1) is 0 Å². The number of ether oxygens (including phenoxy) is 1. The molecule has 2 amide bonds. The monoisotopic (exact) mass is 416 g/mol. The van der Waals surface area contributed by atoms with E-state index in [4.69, 9.17) is 4.74 Å². The van der Waals surface area contributed by atoms with Crippen LogP contribution in [0.5, 0.6) is 0 Å². The van der Waals surface area contributed by atoms with Crippen LogP contribution in [0.2, 0.25) is 25.7 Å². The molecule has 1 fully saturated rings. The number of rotatable bonds is 9. The Kier molecular flexibility index (Phi) is 7.08. The number of hydrogen-bond donors (Lipinski definition) is 2. The Balaban J connectivity index is 1.87. The number of nitrogens with one attached hydrogen (secondary N) is 2. The van der Waals surface area contributed by atoms with Crippen molar-refractivity contribution < 1.29 is 14.3 Å². The minimum absolute atomic E-state index is 0.232. The molecule has 2 aromatic rings. The van der Waals surface area contributed by atoms with Crippen molar-refractivity contribution in [3.05, 3.63) is 24.0 Å². The lowest BCUT2D eigenvalue weighted by Crippen LogP contribution is -2.25. The lowest BCUT2D eigenvalue weighted by Gasteiger charge is -2.24. The molecule has 0 bridgehead atoms. The van der Waals surface area contributed by atoms with Gasteiger partial charge in [0.25, 0.3) is 5.91 Å². The van der Waals surface area contributed by atoms with Crippen molar-refractivity contribution in [1.29, 1.82) is 0 Å². The zero-order valence-electron chi connectivity index (χ0n) is 17.7. The molecule has 8 heteroatoms. The van der Waals surface area contributed by atoms with Crippen molar-refractivity contribution in [2.45, 2.75) is 70.6 Å². The zero-order chi connectivity index (χ0) is 20.9. The molecule has 29 heavy (non-hydrogen) atoms. The average molecular weight is 417 g/mol. The van der Waals surface area contributed by atoms with E-state index in [2.05, 4.69) is 35.3 Å². The Labute approximate surface area is 173 Å². The SMILES string of the molecule is C[Si](C)(C)CCOCn1c(C(=O)NC=O)cc2c(NC3CCCCC3)ccnc21. The quantitative estimate of drug-likeness (QED) is 0.367. The highest BCUT2D eigenvalue weighted by Crippen LogP contribution is 2.29. The summed E-state index contributed by atoms with van der Waals surface area (Å²) < 4.78 is 7.64. The first-order valence-corrected chi connectivity index (χ1v) is 14.2. The van der Waals surface area contributed by atoms with Gasteiger partial charge in [-0.05, 0) is 31.0 Å². The van der Waals surface area contributed by atoms with Gasteiger partial charge in [-0.15, -0.1) is 0 Å². The summed E-state index contributed by atoms with van der Waals surface area (Å²) >= 11 is 0. The molecular weight excluding hydrogens is 384 g/mol. The van der Waals surface area contributed by atoms with E-state index in [-0.39, 0.29) is 6.73 Å². The number of pyridine rings is 1. The Hall–Kier alpha value is -2.19. The molecule has 3 rings (SSSR count). The van der Waals surface area contributed by atoms with Crippen molar-refractivity contribution in [3.8, 4) is 0 Å². The molecule has 7 nitrogen and oxygen atoms in total. The number of hydrogen-bond acceptors (Lipinski definition) is 5. The normalized spacial score (nSPS) is 15.4. The third-order valence-electron chi connectivity index (χ3n) is 5.40. The summed E-state index contributed by atoms with van der Waals surface area (Å²) in [5, 5.41) is 6.75. The van der Waals surface area contributed by atoms with Crippen LogP contribution in [0.3, 0.4) is 0 Å². The van der Waals surface area contributed by atoms with Crippen molar-refractivity contribution in [2.24, 2.45) is 0 Å². The molecule has 0 atom stereocenters. The highest BCUT2D eigenvalue weighted by atomic mass is 28.3. The summed E-state index contributed by atoms with van der Waals surface area (Å²) in [6.07, 6.45) is 8.25. The molecule has 158 valence electrons. The smallest absolute Gasteiger partial charge is 0.274 e. The van der Waals surface area contributed by atoms with Gasteiger partial charge in [0.2, 0.25) is 6.41 Å². The van der Waals surface area contributed by atoms with Gasteiger partial charge in [0.15, 0.2) is 0 Å². The van der Waals surface area contributed by atoms with E-state index in [9.17, 15) is 9.59 Å². The number of nitrogens with zero attached hydrogens (tertiary/aromatic N) is 2. The number of anilines is 1. The van der Waals surface area contributed by atoms with Gasteiger partial charge in [0, 0.05) is 38.0 Å². The van der Waals surface area contributed by atoms with Gasteiger partial charge >= 0.3 is 0 Å². The summed E-state index contributed by atoms with van der Waals surface area (Å²) in [6.45, 7) is 7.78. The summed E-state index contributed by atoms with van der Waals surface area (Å²) in [6, 6.07) is 5.24. The zero-order valence-corrected chi connectivity index (χ0v) is 18.7. The van der Waals surface area contributed by atoms with E-state index >= 15 is 0 Å². The summed E-state index contributed by atoms with van der Waals surface area (Å²) in [5.74, 6) is -0.449. The first-order chi connectivity index (χ1) is 13.9. The highest BCUT2D eigenvalue weighted by molar-refractivity contribution is 6.76. The second-order valence-corrected chi connectivity index (χ2v) is 14.6. The van der Waals surface area contributed by atoms with Gasteiger partial charge in [-0.1, -0.05) is 38.9 Å². The predicted octanol–water partition coefficient (Wildman–Crippen LogP) is 3.98. The Bertz CT molecular complexity index is 853. The second kappa shape index (κ2) is 9.54. The van der Waals surface area contributed by atoms with Crippen molar-refractivity contribution in [1.82, 2.24) is 14.9 Å². The van der Waals surface area contributed by atoms with Gasteiger partial charge in [-0.25, -0.2) is 4.98 Å². The molecule has 0 aromatic carbocycles. The Morgan fingerprint density at radius 2 is 2.07 bits per heavy atom. The van der Waals surface area contributed by atoms with E-state index in [0.717, 1.165) is 30.0 Å². The summed E-state index contributed by atoms with van der Waals surface area (Å²) in [7, 11) is -1.20. The fourth-order valence-corrected chi connectivity index (χ4v) is 4.48. The molecule has 0 aliphatic heterocycles. The van der Waals surface area contributed by atoms with Crippen molar-refractivity contribution in [2.75, 3.05) is 11.9 Å². The van der Waals surface area contributed by atoms with E-state index in [1.807, 2.05) is 6.07 Å². The number of fused-ring (bicyclic) bond motifs is 1. The first-order valence-electron chi connectivity index (χ1n) is 10.5. The van der Waals surface area contributed by atoms with Gasteiger partial charge in [-0.2, -0.15) is 0 Å². The van der Waals surface area contributed by atoms with Crippen LogP contribution in [0.1, 0.15) is 42.6 Å². The van der Waals surface area contributed by atoms with Crippen LogP contribution in [0.15, 0.2) is 18.3 Å². The van der Waals surface area contributed by atoms with Gasteiger partial charge in [-0.3, -0.25) is 19.5 Å². The average Bonchev–Trinajstić information content (AvgIpc) is 3.05. The molecule has 0 unspecified atom stereocenters. The van der Waals surface area contributed by atoms with Crippen LogP contribution in [0.25, 0.3) is 11.0 Å². The lowest BCUT2D eigenvalue weighted by molar-refractivity contribution is -0.108. The molecular formula is C21H32N4O3Si. The number of carbonyl (C=O) groups excluding carboxylic acids is 2. The maximum atomic E-state index is 12.5. The highest BCUT2D eigenvalue weighted by Gasteiger charge is 2.21. The van der Waals surface area contributed by atoms with E-state index < -0.39 is 14.0 Å². The molecule has 0 spiro atoms. The van der Waals surface area contributed by atoms with Crippen LogP contribution in [-0.2, 0) is 16.3 Å². The Morgan fingerprint density at radius 1 is 1.31 bits per heavy atom. The predicted molar refractivity (Wildman–Crippen MR) is 118 cm³/mol. The molecule has 1 aliphatic carbocycles. The fourth-order valence-electron chi connectivity index (χ4n) is 3.72.